The second-order valence-electron chi connectivity index (χ2n) is 4.53. The van der Waals surface area contributed by atoms with Gasteiger partial charge in [-0.25, -0.2) is 8.78 Å². The largest absolute Gasteiger partial charge is 0.497 e. The van der Waals surface area contributed by atoms with E-state index in [0.717, 1.165) is 18.2 Å². The van der Waals surface area contributed by atoms with Crippen LogP contribution in [-0.4, -0.2) is 20.1 Å². The number of ether oxygens (including phenoxy) is 2. The van der Waals surface area contributed by atoms with Crippen LogP contribution in [-0.2, 0) is 4.79 Å². The first-order valence-corrected chi connectivity index (χ1v) is 6.70. The molecule has 6 heteroatoms. The van der Waals surface area contributed by atoms with Gasteiger partial charge < -0.3 is 14.8 Å². The molecule has 0 bridgehead atoms. The van der Waals surface area contributed by atoms with Gasteiger partial charge in [-0.3, -0.25) is 4.79 Å². The minimum Gasteiger partial charge on any atom is -0.497 e. The fourth-order valence-electron chi connectivity index (χ4n) is 1.92. The molecule has 23 heavy (non-hydrogen) atoms. The van der Waals surface area contributed by atoms with Crippen LogP contribution in [0.1, 0.15) is 5.56 Å². The molecule has 0 aliphatic rings. The van der Waals surface area contributed by atoms with E-state index in [1.807, 2.05) is 0 Å². The maximum absolute atomic E-state index is 13.5. The number of carbonyl (C=O) groups excluding carboxylic acids is 1. The van der Waals surface area contributed by atoms with Gasteiger partial charge in [-0.05, 0) is 36.4 Å². The van der Waals surface area contributed by atoms with Gasteiger partial charge in [0.15, 0.2) is 0 Å². The Bertz CT molecular complexity index is 724. The Morgan fingerprint density at radius 3 is 2.39 bits per heavy atom. The zero-order chi connectivity index (χ0) is 16.8. The highest BCUT2D eigenvalue weighted by Gasteiger charge is 2.10. The lowest BCUT2D eigenvalue weighted by atomic mass is 10.1. The fraction of sp³-hybridized carbons (Fsp3) is 0.118. The smallest absolute Gasteiger partial charge is 0.248 e. The van der Waals surface area contributed by atoms with Crippen molar-refractivity contribution in [2.24, 2.45) is 0 Å². The zero-order valence-electron chi connectivity index (χ0n) is 12.6. The van der Waals surface area contributed by atoms with Gasteiger partial charge in [0.25, 0.3) is 0 Å². The highest BCUT2D eigenvalue weighted by molar-refractivity contribution is 6.02. The third kappa shape index (κ3) is 4.06. The van der Waals surface area contributed by atoms with Crippen LogP contribution in [0.15, 0.2) is 42.5 Å². The highest BCUT2D eigenvalue weighted by Crippen LogP contribution is 2.25. The van der Waals surface area contributed by atoms with Gasteiger partial charge in [0.1, 0.15) is 28.8 Å². The average Bonchev–Trinajstić information content (AvgIpc) is 2.56. The molecule has 1 N–H and O–H groups in total. The molecule has 120 valence electrons. The third-order valence-electron chi connectivity index (χ3n) is 3.06. The molecule has 0 fully saturated rings. The van der Waals surface area contributed by atoms with Crippen molar-refractivity contribution < 1.29 is 23.0 Å². The summed E-state index contributed by atoms with van der Waals surface area (Å²) in [6, 6.07) is 8.42. The van der Waals surface area contributed by atoms with Crippen LogP contribution in [0.5, 0.6) is 11.5 Å². The summed E-state index contributed by atoms with van der Waals surface area (Å²) >= 11 is 0. The van der Waals surface area contributed by atoms with E-state index in [1.54, 1.807) is 18.2 Å². The lowest BCUT2D eigenvalue weighted by Crippen LogP contribution is -2.10. The molecule has 1 amide bonds. The van der Waals surface area contributed by atoms with Crippen LogP contribution in [0.4, 0.5) is 14.5 Å². The first-order valence-electron chi connectivity index (χ1n) is 6.70. The molecule has 0 radical (unpaired) electrons. The topological polar surface area (TPSA) is 47.6 Å². The number of benzene rings is 2. The quantitative estimate of drug-likeness (QED) is 0.856. The second-order valence-corrected chi connectivity index (χ2v) is 4.53. The van der Waals surface area contributed by atoms with Crippen LogP contribution < -0.4 is 14.8 Å². The van der Waals surface area contributed by atoms with Gasteiger partial charge in [0, 0.05) is 11.6 Å². The Balaban J connectivity index is 2.18. The van der Waals surface area contributed by atoms with E-state index in [0.29, 0.717) is 17.1 Å². The van der Waals surface area contributed by atoms with Crippen LogP contribution in [0.3, 0.4) is 0 Å². The Labute approximate surface area is 132 Å². The number of nitrogens with one attached hydrogen (secondary N) is 1. The minimum absolute atomic E-state index is 0.486. The SMILES string of the molecule is COc1ccc(OC)c(C=CC(=O)Nc2c(F)cccc2F)c1. The molecule has 2 aromatic carbocycles. The first kappa shape index (κ1) is 16.5. The molecule has 0 saturated carbocycles. The summed E-state index contributed by atoms with van der Waals surface area (Å²) in [5.41, 5.74) is 0.107. The average molecular weight is 319 g/mol. The number of methoxy groups -OCH3 is 2. The Morgan fingerprint density at radius 1 is 1.09 bits per heavy atom. The van der Waals surface area contributed by atoms with Crippen molar-refractivity contribution in [3.8, 4) is 11.5 Å². The van der Waals surface area contributed by atoms with Crippen molar-refractivity contribution in [3.05, 3.63) is 59.7 Å². The van der Waals surface area contributed by atoms with Gasteiger partial charge >= 0.3 is 0 Å². The predicted octanol–water partition coefficient (Wildman–Crippen LogP) is 3.63. The van der Waals surface area contributed by atoms with E-state index in [9.17, 15) is 13.6 Å². The maximum atomic E-state index is 13.5. The number of amides is 1. The minimum atomic E-state index is -0.842. The lowest BCUT2D eigenvalue weighted by Gasteiger charge is -2.07. The van der Waals surface area contributed by atoms with Crippen molar-refractivity contribution in [1.82, 2.24) is 0 Å². The van der Waals surface area contributed by atoms with Gasteiger partial charge in [0.2, 0.25) is 5.91 Å². The molecule has 0 atom stereocenters. The summed E-state index contributed by atoms with van der Waals surface area (Å²) in [5, 5.41) is 2.17. The Morgan fingerprint density at radius 2 is 1.78 bits per heavy atom. The monoisotopic (exact) mass is 319 g/mol. The van der Waals surface area contributed by atoms with Gasteiger partial charge in [0.05, 0.1) is 14.2 Å². The van der Waals surface area contributed by atoms with Gasteiger partial charge in [-0.1, -0.05) is 6.07 Å². The molecule has 2 rings (SSSR count). The molecule has 0 aliphatic heterocycles. The zero-order valence-corrected chi connectivity index (χ0v) is 12.6. The van der Waals surface area contributed by atoms with Crippen LogP contribution in [0.25, 0.3) is 6.08 Å². The van der Waals surface area contributed by atoms with Crippen molar-refractivity contribution >= 4 is 17.7 Å². The normalized spacial score (nSPS) is 10.6. The number of para-hydroxylation sites is 1. The van der Waals surface area contributed by atoms with E-state index >= 15 is 0 Å². The van der Waals surface area contributed by atoms with Crippen LogP contribution in [0.2, 0.25) is 0 Å². The van der Waals surface area contributed by atoms with E-state index < -0.39 is 23.2 Å². The number of anilines is 1. The molecule has 0 saturated heterocycles. The molecule has 4 nitrogen and oxygen atoms in total. The molecule has 2 aromatic rings. The molecular weight excluding hydrogens is 304 g/mol. The highest BCUT2D eigenvalue weighted by atomic mass is 19.1. The van der Waals surface area contributed by atoms with Crippen molar-refractivity contribution in [2.45, 2.75) is 0 Å². The summed E-state index contributed by atoms with van der Waals surface area (Å²) in [4.78, 5) is 11.8. The van der Waals surface area contributed by atoms with E-state index in [1.165, 1.54) is 26.4 Å². The van der Waals surface area contributed by atoms with Crippen molar-refractivity contribution in [2.75, 3.05) is 19.5 Å². The Hall–Kier alpha value is -2.89. The van der Waals surface area contributed by atoms with Crippen molar-refractivity contribution in [1.29, 1.82) is 0 Å². The van der Waals surface area contributed by atoms with Crippen LogP contribution in [0, 0.1) is 11.6 Å². The lowest BCUT2D eigenvalue weighted by molar-refractivity contribution is -0.111. The molecule has 0 aromatic heterocycles. The summed E-state index contributed by atoms with van der Waals surface area (Å²) in [5.74, 6) is -1.23. The Kier molecular flexibility index (Phi) is 5.30. The third-order valence-corrected chi connectivity index (χ3v) is 3.06. The van der Waals surface area contributed by atoms with E-state index in [4.69, 9.17) is 9.47 Å². The second kappa shape index (κ2) is 7.40. The van der Waals surface area contributed by atoms with Crippen LogP contribution >= 0.6 is 0 Å². The predicted molar refractivity (Wildman–Crippen MR) is 83.6 cm³/mol. The van der Waals surface area contributed by atoms with Gasteiger partial charge in [-0.2, -0.15) is 0 Å². The molecule has 0 aliphatic carbocycles. The van der Waals surface area contributed by atoms with E-state index in [2.05, 4.69) is 5.32 Å². The number of hydrogen-bond donors (Lipinski definition) is 1. The standard InChI is InChI=1S/C17H15F2NO3/c1-22-12-7-8-15(23-2)11(10-12)6-9-16(21)20-17-13(18)4-3-5-14(17)19/h3-10H,1-2H3,(H,20,21). The van der Waals surface area contributed by atoms with Gasteiger partial charge in [-0.15, -0.1) is 0 Å². The molecule has 0 unspecified atom stereocenters. The van der Waals surface area contributed by atoms with Crippen molar-refractivity contribution in [3.63, 3.8) is 0 Å². The number of carbonyl (C=O) groups is 1. The summed E-state index contributed by atoms with van der Waals surface area (Å²) in [6.07, 6.45) is 2.62. The molecule has 0 heterocycles. The van der Waals surface area contributed by atoms with E-state index in [-0.39, 0.29) is 0 Å². The fourth-order valence-corrected chi connectivity index (χ4v) is 1.92. The number of hydrogen-bond acceptors (Lipinski definition) is 3. The summed E-state index contributed by atoms with van der Waals surface area (Å²) in [7, 11) is 3.01. The number of rotatable bonds is 5. The maximum Gasteiger partial charge on any atom is 0.248 e. The molecule has 0 spiro atoms. The molecular formula is C17H15F2NO3. The summed E-state index contributed by atoms with van der Waals surface area (Å²) in [6.45, 7) is 0. The number of halogens is 2. The summed E-state index contributed by atoms with van der Waals surface area (Å²) < 4.78 is 37.2. The first-order chi connectivity index (χ1) is 11.0.